The number of allylic oxidation sites excluding steroid dienone is 4. The minimum Gasteiger partial charge on any atom is -0.0753 e. The van der Waals surface area contributed by atoms with Gasteiger partial charge in [-0.3, -0.25) is 0 Å². The summed E-state index contributed by atoms with van der Waals surface area (Å²) in [5.74, 6) is 1.20. The first-order valence-corrected chi connectivity index (χ1v) is 8.01. The third-order valence-electron chi connectivity index (χ3n) is 4.09. The van der Waals surface area contributed by atoms with Crippen molar-refractivity contribution >= 4 is 45.2 Å². The first-order chi connectivity index (χ1) is 8.00. The predicted molar refractivity (Wildman–Crippen MR) is 89.7 cm³/mol. The standard InChI is InChI=1S/C15H14I2/c1-15(2)13-7-9(16)3-5-11(13)12-6-4-10(17)8-14(12)15/h3-8,11,13H,1-2H3. The first-order valence-electron chi connectivity index (χ1n) is 5.85. The molecule has 2 aliphatic carbocycles. The topological polar surface area (TPSA) is 0 Å². The summed E-state index contributed by atoms with van der Waals surface area (Å²) in [4.78, 5) is 0. The molecule has 2 unspecified atom stereocenters. The largest absolute Gasteiger partial charge is 0.0753 e. The molecule has 2 aliphatic rings. The highest BCUT2D eigenvalue weighted by atomic mass is 127. The molecule has 1 aromatic carbocycles. The Morgan fingerprint density at radius 3 is 2.71 bits per heavy atom. The maximum absolute atomic E-state index is 2.44. The van der Waals surface area contributed by atoms with Gasteiger partial charge in [0.25, 0.3) is 0 Å². The molecular formula is C15H14I2. The molecule has 0 nitrogen and oxygen atoms in total. The van der Waals surface area contributed by atoms with Crippen molar-refractivity contribution in [1.29, 1.82) is 0 Å². The van der Waals surface area contributed by atoms with E-state index < -0.39 is 0 Å². The predicted octanol–water partition coefficient (Wildman–Crippen LogP) is 5.17. The average Bonchev–Trinajstić information content (AvgIpc) is 2.49. The summed E-state index contributed by atoms with van der Waals surface area (Å²) < 4.78 is 2.72. The van der Waals surface area contributed by atoms with Crippen LogP contribution in [0.3, 0.4) is 0 Å². The normalized spacial score (nSPS) is 28.6. The zero-order valence-electron chi connectivity index (χ0n) is 9.87. The Kier molecular flexibility index (Phi) is 2.93. The Morgan fingerprint density at radius 2 is 1.94 bits per heavy atom. The van der Waals surface area contributed by atoms with Crippen LogP contribution in [0.2, 0.25) is 0 Å². The Morgan fingerprint density at radius 1 is 1.18 bits per heavy atom. The molecule has 0 N–H and O–H groups in total. The Labute approximate surface area is 130 Å². The molecule has 2 atom stereocenters. The second kappa shape index (κ2) is 4.08. The maximum Gasteiger partial charge on any atom is 0.0133 e. The highest BCUT2D eigenvalue weighted by molar-refractivity contribution is 14.1. The molecular weight excluding hydrogens is 434 g/mol. The summed E-state index contributed by atoms with van der Waals surface area (Å²) in [6.07, 6.45) is 7.08. The lowest BCUT2D eigenvalue weighted by Crippen LogP contribution is -2.25. The fourth-order valence-electron chi connectivity index (χ4n) is 3.16. The first kappa shape index (κ1) is 12.2. The van der Waals surface area contributed by atoms with Crippen molar-refractivity contribution in [3.05, 3.63) is 54.7 Å². The smallest absolute Gasteiger partial charge is 0.0133 e. The van der Waals surface area contributed by atoms with E-state index in [2.05, 4.69) is 95.5 Å². The van der Waals surface area contributed by atoms with Crippen molar-refractivity contribution in [3.8, 4) is 0 Å². The quantitative estimate of drug-likeness (QED) is 0.481. The Bertz CT molecular complexity index is 538. The van der Waals surface area contributed by atoms with Crippen LogP contribution in [-0.4, -0.2) is 0 Å². The number of halogens is 2. The summed E-state index contributed by atoms with van der Waals surface area (Å²) in [6.45, 7) is 4.76. The SMILES string of the molecule is CC1(C)c2cc(I)ccc2C2C=CC(I)=CC21. The number of hydrogen-bond donors (Lipinski definition) is 0. The Balaban J connectivity index is 2.21. The van der Waals surface area contributed by atoms with E-state index in [1.807, 2.05) is 0 Å². The molecule has 0 amide bonds. The minimum absolute atomic E-state index is 0.252. The third kappa shape index (κ3) is 1.82. The van der Waals surface area contributed by atoms with Crippen LogP contribution in [0.4, 0.5) is 0 Å². The number of hydrogen-bond acceptors (Lipinski definition) is 0. The van der Waals surface area contributed by atoms with Crippen molar-refractivity contribution in [2.45, 2.75) is 25.2 Å². The van der Waals surface area contributed by atoms with Crippen LogP contribution in [0, 0.1) is 9.49 Å². The highest BCUT2D eigenvalue weighted by Crippen LogP contribution is 2.53. The number of fused-ring (bicyclic) bond motifs is 3. The van der Waals surface area contributed by atoms with E-state index in [9.17, 15) is 0 Å². The fraction of sp³-hybridized carbons (Fsp3) is 0.333. The zero-order valence-corrected chi connectivity index (χ0v) is 14.2. The minimum atomic E-state index is 0.252. The molecule has 17 heavy (non-hydrogen) atoms. The average molecular weight is 448 g/mol. The molecule has 88 valence electrons. The lowest BCUT2D eigenvalue weighted by Gasteiger charge is -2.30. The summed E-state index contributed by atoms with van der Waals surface area (Å²) >= 11 is 4.84. The monoisotopic (exact) mass is 448 g/mol. The molecule has 0 fully saturated rings. The molecule has 0 bridgehead atoms. The van der Waals surface area contributed by atoms with Gasteiger partial charge in [0.2, 0.25) is 0 Å². The molecule has 3 rings (SSSR count). The Hall–Kier alpha value is 0.160. The molecule has 0 heterocycles. The van der Waals surface area contributed by atoms with Gasteiger partial charge in [-0.1, -0.05) is 38.1 Å². The van der Waals surface area contributed by atoms with Crippen LogP contribution < -0.4 is 0 Å². The second-order valence-electron chi connectivity index (χ2n) is 5.42. The van der Waals surface area contributed by atoms with E-state index in [0.717, 1.165) is 0 Å². The van der Waals surface area contributed by atoms with Crippen LogP contribution in [0.15, 0.2) is 40.0 Å². The lowest BCUT2D eigenvalue weighted by atomic mass is 9.74. The molecule has 0 aromatic heterocycles. The van der Waals surface area contributed by atoms with Gasteiger partial charge in [-0.15, -0.1) is 0 Å². The van der Waals surface area contributed by atoms with Crippen molar-refractivity contribution in [2.75, 3.05) is 0 Å². The molecule has 0 radical (unpaired) electrons. The second-order valence-corrected chi connectivity index (χ2v) is 7.91. The van der Waals surface area contributed by atoms with E-state index in [0.29, 0.717) is 11.8 Å². The van der Waals surface area contributed by atoms with Crippen molar-refractivity contribution in [2.24, 2.45) is 5.92 Å². The van der Waals surface area contributed by atoms with Crippen molar-refractivity contribution < 1.29 is 0 Å². The third-order valence-corrected chi connectivity index (χ3v) is 5.48. The zero-order chi connectivity index (χ0) is 12.2. The summed E-state index contributed by atoms with van der Waals surface area (Å²) in [7, 11) is 0. The van der Waals surface area contributed by atoms with E-state index in [-0.39, 0.29) is 5.41 Å². The molecule has 0 aliphatic heterocycles. The molecule has 0 saturated heterocycles. The molecule has 1 aromatic rings. The van der Waals surface area contributed by atoms with Crippen LogP contribution >= 0.6 is 45.2 Å². The van der Waals surface area contributed by atoms with Gasteiger partial charge < -0.3 is 0 Å². The van der Waals surface area contributed by atoms with E-state index in [1.54, 1.807) is 0 Å². The number of benzene rings is 1. The summed E-state index contributed by atoms with van der Waals surface area (Å²) in [5.41, 5.74) is 3.31. The van der Waals surface area contributed by atoms with Crippen LogP contribution in [0.5, 0.6) is 0 Å². The summed E-state index contributed by atoms with van der Waals surface area (Å²) in [5, 5.41) is 0. The van der Waals surface area contributed by atoms with Gasteiger partial charge in [0.1, 0.15) is 0 Å². The van der Waals surface area contributed by atoms with Crippen molar-refractivity contribution in [1.82, 2.24) is 0 Å². The van der Waals surface area contributed by atoms with Gasteiger partial charge in [0.15, 0.2) is 0 Å². The van der Waals surface area contributed by atoms with Crippen LogP contribution in [0.1, 0.15) is 30.9 Å². The van der Waals surface area contributed by atoms with E-state index in [1.165, 1.54) is 18.3 Å². The van der Waals surface area contributed by atoms with Gasteiger partial charge in [0, 0.05) is 13.1 Å². The fourth-order valence-corrected chi connectivity index (χ4v) is 4.24. The molecule has 0 spiro atoms. The molecule has 2 heteroatoms. The van der Waals surface area contributed by atoms with Gasteiger partial charge in [-0.25, -0.2) is 0 Å². The van der Waals surface area contributed by atoms with Gasteiger partial charge >= 0.3 is 0 Å². The summed E-state index contributed by atoms with van der Waals surface area (Å²) in [6, 6.07) is 6.91. The van der Waals surface area contributed by atoms with Crippen LogP contribution in [-0.2, 0) is 5.41 Å². The van der Waals surface area contributed by atoms with Gasteiger partial charge in [-0.2, -0.15) is 0 Å². The van der Waals surface area contributed by atoms with Gasteiger partial charge in [-0.05, 0) is 79.8 Å². The van der Waals surface area contributed by atoms with E-state index >= 15 is 0 Å². The van der Waals surface area contributed by atoms with Crippen molar-refractivity contribution in [3.63, 3.8) is 0 Å². The number of rotatable bonds is 0. The lowest BCUT2D eigenvalue weighted by molar-refractivity contribution is 0.394. The van der Waals surface area contributed by atoms with E-state index in [4.69, 9.17) is 0 Å². The maximum atomic E-state index is 2.44. The van der Waals surface area contributed by atoms with Gasteiger partial charge in [0.05, 0.1) is 0 Å². The van der Waals surface area contributed by atoms with Crippen LogP contribution in [0.25, 0.3) is 0 Å². The highest BCUT2D eigenvalue weighted by Gasteiger charge is 2.44. The molecule has 0 saturated carbocycles.